The minimum atomic E-state index is -4.56. The van der Waals surface area contributed by atoms with Gasteiger partial charge in [-0.3, -0.25) is 9.59 Å². The van der Waals surface area contributed by atoms with E-state index in [-0.39, 0.29) is 28.9 Å². The fourth-order valence-corrected chi connectivity index (χ4v) is 4.44. The van der Waals surface area contributed by atoms with E-state index in [0.717, 1.165) is 29.3 Å². The van der Waals surface area contributed by atoms with E-state index in [1.54, 1.807) is 17.9 Å². The molecule has 2 heterocycles. The zero-order chi connectivity index (χ0) is 24.6. The van der Waals surface area contributed by atoms with Gasteiger partial charge in [0.2, 0.25) is 11.8 Å². The van der Waals surface area contributed by atoms with E-state index in [2.05, 4.69) is 10.4 Å². The van der Waals surface area contributed by atoms with Crippen molar-refractivity contribution in [1.29, 1.82) is 0 Å². The lowest BCUT2D eigenvalue weighted by atomic mass is 9.90. The third kappa shape index (κ3) is 4.79. The van der Waals surface area contributed by atoms with Crippen molar-refractivity contribution in [3.8, 4) is 5.69 Å². The molecule has 1 aliphatic rings. The molecule has 1 N–H and O–H groups in total. The average molecular weight is 491 g/mol. The summed E-state index contributed by atoms with van der Waals surface area (Å²) in [6.07, 6.45) is -3.87. The molecule has 3 aromatic rings. The molecular weight excluding hydrogens is 469 g/mol. The first-order chi connectivity index (χ1) is 16.0. The molecule has 0 saturated heterocycles. The summed E-state index contributed by atoms with van der Waals surface area (Å²) in [7, 11) is 0. The highest BCUT2D eigenvalue weighted by Gasteiger charge is 2.32. The lowest BCUT2D eigenvalue weighted by Gasteiger charge is -2.36. The van der Waals surface area contributed by atoms with Crippen LogP contribution in [0.1, 0.15) is 41.8 Å². The van der Waals surface area contributed by atoms with Crippen LogP contribution in [-0.2, 0) is 22.2 Å². The fraction of sp³-hybridized carbons (Fsp3) is 0.292. The monoisotopic (exact) mass is 490 g/mol. The summed E-state index contributed by atoms with van der Waals surface area (Å²) in [6.45, 7) is 3.62. The minimum absolute atomic E-state index is 0.00624. The standard InChI is InChI=1S/C24H22ClF3N4O2/c1-14-11-22(32(30-14)21-12-17(24(26,27)28)7-8-19(21)25)29-23(34)13-20-18-6-4-3-5-16(18)9-10-31(20)15(2)33/h3-8,11-12,20H,9-10,13H2,1-2H3,(H,29,34). The molecule has 1 aliphatic heterocycles. The maximum atomic E-state index is 13.2. The van der Waals surface area contributed by atoms with Gasteiger partial charge in [0.1, 0.15) is 5.82 Å². The topological polar surface area (TPSA) is 67.2 Å². The minimum Gasteiger partial charge on any atom is -0.335 e. The van der Waals surface area contributed by atoms with Gasteiger partial charge in [0.05, 0.1) is 34.4 Å². The van der Waals surface area contributed by atoms with Gasteiger partial charge in [-0.1, -0.05) is 35.9 Å². The first kappa shape index (κ1) is 23.8. The first-order valence-electron chi connectivity index (χ1n) is 10.6. The summed E-state index contributed by atoms with van der Waals surface area (Å²) in [5, 5.41) is 7.02. The molecule has 1 atom stereocenters. The molecule has 34 heavy (non-hydrogen) atoms. The molecule has 4 rings (SSSR count). The summed E-state index contributed by atoms with van der Waals surface area (Å²) in [5.74, 6) is -0.358. The van der Waals surface area contributed by atoms with Gasteiger partial charge in [-0.2, -0.15) is 18.3 Å². The lowest BCUT2D eigenvalue weighted by Crippen LogP contribution is -2.40. The van der Waals surface area contributed by atoms with E-state index in [0.29, 0.717) is 18.7 Å². The number of fused-ring (bicyclic) bond motifs is 1. The fourth-order valence-electron chi connectivity index (χ4n) is 4.24. The van der Waals surface area contributed by atoms with E-state index in [4.69, 9.17) is 11.6 Å². The van der Waals surface area contributed by atoms with E-state index in [1.807, 2.05) is 24.3 Å². The molecular formula is C24H22ClF3N4O2. The van der Waals surface area contributed by atoms with Gasteiger partial charge in [-0.25, -0.2) is 4.68 Å². The van der Waals surface area contributed by atoms with Crippen molar-refractivity contribution in [1.82, 2.24) is 14.7 Å². The number of aryl methyl sites for hydroxylation is 1. The Morgan fingerprint density at radius 1 is 1.18 bits per heavy atom. The predicted molar refractivity (Wildman–Crippen MR) is 122 cm³/mol. The van der Waals surface area contributed by atoms with Crippen LogP contribution in [0.15, 0.2) is 48.5 Å². The molecule has 0 fully saturated rings. The Morgan fingerprint density at radius 2 is 1.91 bits per heavy atom. The van der Waals surface area contributed by atoms with E-state index < -0.39 is 23.7 Å². The molecule has 2 aromatic carbocycles. The summed E-state index contributed by atoms with van der Waals surface area (Å²) in [5.41, 5.74) is 1.58. The number of amides is 2. The Bertz CT molecular complexity index is 1260. The van der Waals surface area contributed by atoms with Crippen molar-refractivity contribution in [3.63, 3.8) is 0 Å². The van der Waals surface area contributed by atoms with Gasteiger partial charge >= 0.3 is 6.18 Å². The molecule has 1 unspecified atom stereocenters. The highest BCUT2D eigenvalue weighted by molar-refractivity contribution is 6.32. The Balaban J connectivity index is 1.63. The smallest absolute Gasteiger partial charge is 0.335 e. The molecule has 10 heteroatoms. The summed E-state index contributed by atoms with van der Waals surface area (Å²) in [4.78, 5) is 26.9. The van der Waals surface area contributed by atoms with Crippen molar-refractivity contribution in [2.45, 2.75) is 38.9 Å². The SMILES string of the molecule is CC(=O)N1CCc2ccccc2C1CC(=O)Nc1cc(C)nn1-c1cc(C(F)(F)F)ccc1Cl. The summed E-state index contributed by atoms with van der Waals surface area (Å²) in [6, 6.07) is 11.7. The summed E-state index contributed by atoms with van der Waals surface area (Å²) < 4.78 is 40.9. The molecule has 178 valence electrons. The normalized spacial score (nSPS) is 15.7. The largest absolute Gasteiger partial charge is 0.416 e. The quantitative estimate of drug-likeness (QED) is 0.537. The number of carbonyl (C=O) groups excluding carboxylic acids is 2. The number of carbonyl (C=O) groups is 2. The van der Waals surface area contributed by atoms with E-state index >= 15 is 0 Å². The third-order valence-electron chi connectivity index (χ3n) is 5.80. The third-order valence-corrected chi connectivity index (χ3v) is 6.12. The molecule has 0 saturated carbocycles. The van der Waals surface area contributed by atoms with E-state index in [9.17, 15) is 22.8 Å². The number of hydrogen-bond acceptors (Lipinski definition) is 3. The van der Waals surface area contributed by atoms with Crippen LogP contribution >= 0.6 is 11.6 Å². The molecule has 0 radical (unpaired) electrons. The van der Waals surface area contributed by atoms with Crippen LogP contribution in [0.25, 0.3) is 5.69 Å². The molecule has 0 bridgehead atoms. The van der Waals surface area contributed by atoms with Gasteiger partial charge in [0.25, 0.3) is 0 Å². The van der Waals surface area contributed by atoms with Crippen LogP contribution in [0.3, 0.4) is 0 Å². The second-order valence-corrected chi connectivity index (χ2v) is 8.58. The second-order valence-electron chi connectivity index (χ2n) is 8.18. The Kier molecular flexibility index (Phi) is 6.40. The number of benzene rings is 2. The summed E-state index contributed by atoms with van der Waals surface area (Å²) >= 11 is 6.18. The van der Waals surface area contributed by atoms with E-state index in [1.165, 1.54) is 11.6 Å². The molecule has 2 amide bonds. The van der Waals surface area contributed by atoms with Crippen LogP contribution in [0.5, 0.6) is 0 Å². The van der Waals surface area contributed by atoms with Crippen LogP contribution < -0.4 is 5.32 Å². The number of anilines is 1. The Morgan fingerprint density at radius 3 is 2.62 bits per heavy atom. The van der Waals surface area contributed by atoms with Gasteiger partial charge in [-0.15, -0.1) is 0 Å². The van der Waals surface area contributed by atoms with Crippen molar-refractivity contribution in [2.24, 2.45) is 0 Å². The van der Waals surface area contributed by atoms with Gasteiger partial charge in [-0.05, 0) is 42.7 Å². The number of rotatable bonds is 4. The first-order valence-corrected chi connectivity index (χ1v) is 11.0. The number of halogens is 4. The molecule has 0 aliphatic carbocycles. The lowest BCUT2D eigenvalue weighted by molar-refractivity contribution is -0.137. The Hall–Kier alpha value is -3.33. The van der Waals surface area contributed by atoms with Gasteiger partial charge < -0.3 is 10.2 Å². The van der Waals surface area contributed by atoms with Crippen LogP contribution in [0, 0.1) is 6.92 Å². The van der Waals surface area contributed by atoms with Crippen molar-refractivity contribution >= 4 is 29.2 Å². The van der Waals surface area contributed by atoms with Gasteiger partial charge in [0, 0.05) is 19.5 Å². The number of hydrogen-bond donors (Lipinski definition) is 1. The molecule has 0 spiro atoms. The molecule has 6 nitrogen and oxygen atoms in total. The second kappa shape index (κ2) is 9.13. The van der Waals surface area contributed by atoms with Crippen LogP contribution in [0.4, 0.5) is 19.0 Å². The number of nitrogens with zero attached hydrogens (tertiary/aromatic N) is 3. The number of alkyl halides is 3. The van der Waals surface area contributed by atoms with Crippen molar-refractivity contribution < 1.29 is 22.8 Å². The maximum Gasteiger partial charge on any atom is 0.416 e. The zero-order valence-electron chi connectivity index (χ0n) is 18.5. The van der Waals surface area contributed by atoms with Crippen LogP contribution in [-0.4, -0.2) is 33.0 Å². The maximum absolute atomic E-state index is 13.2. The van der Waals surface area contributed by atoms with Crippen molar-refractivity contribution in [2.75, 3.05) is 11.9 Å². The predicted octanol–water partition coefficient (Wildman–Crippen LogP) is 5.33. The highest BCUT2D eigenvalue weighted by atomic mass is 35.5. The number of nitrogens with one attached hydrogen (secondary N) is 1. The van der Waals surface area contributed by atoms with Crippen molar-refractivity contribution in [3.05, 3.63) is 75.9 Å². The average Bonchev–Trinajstić information content (AvgIpc) is 3.12. The Labute approximate surface area is 199 Å². The molecule has 1 aromatic heterocycles. The van der Waals surface area contributed by atoms with Gasteiger partial charge in [0.15, 0.2) is 0 Å². The van der Waals surface area contributed by atoms with Crippen LogP contribution in [0.2, 0.25) is 5.02 Å². The number of aromatic nitrogens is 2. The zero-order valence-corrected chi connectivity index (χ0v) is 19.2. The highest BCUT2D eigenvalue weighted by Crippen LogP contribution is 2.35.